The van der Waals surface area contributed by atoms with Crippen molar-refractivity contribution in [3.05, 3.63) is 53.1 Å². The zero-order valence-electron chi connectivity index (χ0n) is 11.3. The highest BCUT2D eigenvalue weighted by Gasteiger charge is 2.12. The zero-order valence-corrected chi connectivity index (χ0v) is 12.8. The second-order valence-corrected chi connectivity index (χ2v) is 5.16. The van der Waals surface area contributed by atoms with Gasteiger partial charge in [0, 0.05) is 23.3 Å². The van der Waals surface area contributed by atoms with Gasteiger partial charge in [0.2, 0.25) is 0 Å². The van der Waals surface area contributed by atoms with Crippen LogP contribution in [0.3, 0.4) is 0 Å². The molecule has 0 saturated carbocycles. The van der Waals surface area contributed by atoms with Crippen LogP contribution in [0.2, 0.25) is 5.02 Å². The molecule has 0 aliphatic heterocycles. The summed E-state index contributed by atoms with van der Waals surface area (Å²) in [5.74, 6) is 0.808. The molecule has 0 aliphatic carbocycles. The second-order valence-electron chi connectivity index (χ2n) is 4.28. The topological polar surface area (TPSA) is 38.5 Å². The molecule has 2 aromatic carbocycles. The van der Waals surface area contributed by atoms with Crippen LogP contribution in [0.15, 0.2) is 42.5 Å². The molecule has 2 rings (SSSR count). The van der Waals surface area contributed by atoms with E-state index in [9.17, 15) is 0 Å². The average molecular weight is 307 g/mol. The van der Waals surface area contributed by atoms with Crippen molar-refractivity contribution in [3.63, 3.8) is 0 Å². The fourth-order valence-electron chi connectivity index (χ4n) is 1.94. The molecule has 0 aliphatic rings. The third-order valence-corrected chi connectivity index (χ3v) is 3.50. The molecule has 0 unspecified atom stereocenters. The predicted octanol–water partition coefficient (Wildman–Crippen LogP) is 3.75. The summed E-state index contributed by atoms with van der Waals surface area (Å²) in [5, 5.41) is 0.639. The van der Waals surface area contributed by atoms with Crippen LogP contribution in [0.4, 0.5) is 11.4 Å². The van der Waals surface area contributed by atoms with Crippen molar-refractivity contribution in [1.29, 1.82) is 0 Å². The monoisotopic (exact) mass is 306 g/mol. The number of nitrogens with zero attached hydrogens (tertiary/aromatic N) is 1. The Morgan fingerprint density at radius 3 is 2.40 bits per heavy atom. The van der Waals surface area contributed by atoms with Crippen molar-refractivity contribution in [2.75, 3.05) is 19.1 Å². The van der Waals surface area contributed by atoms with E-state index in [4.69, 9.17) is 34.3 Å². The quantitative estimate of drug-likeness (QED) is 0.873. The third kappa shape index (κ3) is 3.03. The van der Waals surface area contributed by atoms with Crippen LogP contribution in [0, 0.1) is 0 Å². The molecule has 2 aromatic rings. The molecule has 0 aromatic heterocycles. The van der Waals surface area contributed by atoms with E-state index in [1.807, 2.05) is 48.3 Å². The molecular formula is C15H15ClN2OS. The van der Waals surface area contributed by atoms with Crippen LogP contribution < -0.4 is 15.4 Å². The molecular weight excluding hydrogens is 292 g/mol. The molecule has 0 heterocycles. The maximum atomic E-state index is 6.07. The Balaban J connectivity index is 2.43. The minimum absolute atomic E-state index is 0.344. The van der Waals surface area contributed by atoms with E-state index in [2.05, 4.69) is 0 Å². The van der Waals surface area contributed by atoms with Crippen LogP contribution in [-0.2, 0) is 0 Å². The van der Waals surface area contributed by atoms with Crippen LogP contribution in [0.1, 0.15) is 5.56 Å². The number of thiocarbonyl (C=S) groups is 1. The summed E-state index contributed by atoms with van der Waals surface area (Å²) < 4.78 is 5.16. The molecule has 3 nitrogen and oxygen atoms in total. The van der Waals surface area contributed by atoms with Crippen LogP contribution in [-0.4, -0.2) is 19.1 Å². The Kier molecular flexibility index (Phi) is 4.47. The lowest BCUT2D eigenvalue weighted by atomic mass is 10.1. The van der Waals surface area contributed by atoms with Crippen LogP contribution in [0.25, 0.3) is 0 Å². The minimum Gasteiger partial charge on any atom is -0.497 e. The zero-order chi connectivity index (χ0) is 14.7. The smallest absolute Gasteiger partial charge is 0.119 e. The maximum absolute atomic E-state index is 6.07. The molecule has 0 bridgehead atoms. The number of halogens is 1. The van der Waals surface area contributed by atoms with Gasteiger partial charge in [-0.05, 0) is 42.5 Å². The standard InChI is InChI=1S/C15H15ClN2OS/c1-18(11-4-6-12(19-2)7-5-11)14-9-10(16)3-8-13(14)15(17)20/h3-9H,1-2H3,(H2,17,20). The van der Waals surface area contributed by atoms with E-state index in [1.54, 1.807) is 13.2 Å². The first-order chi connectivity index (χ1) is 9.52. The van der Waals surface area contributed by atoms with E-state index < -0.39 is 0 Å². The van der Waals surface area contributed by atoms with Crippen molar-refractivity contribution in [2.45, 2.75) is 0 Å². The fraction of sp³-hybridized carbons (Fsp3) is 0.133. The van der Waals surface area contributed by atoms with E-state index in [1.165, 1.54) is 0 Å². The molecule has 0 radical (unpaired) electrons. The third-order valence-electron chi connectivity index (χ3n) is 3.05. The summed E-state index contributed by atoms with van der Waals surface area (Å²) in [7, 11) is 3.58. The first-order valence-electron chi connectivity index (χ1n) is 6.00. The van der Waals surface area contributed by atoms with E-state index in [0.717, 1.165) is 22.7 Å². The van der Waals surface area contributed by atoms with Gasteiger partial charge in [-0.2, -0.15) is 0 Å². The highest BCUT2D eigenvalue weighted by atomic mass is 35.5. The van der Waals surface area contributed by atoms with Gasteiger partial charge < -0.3 is 15.4 Å². The van der Waals surface area contributed by atoms with Crippen LogP contribution >= 0.6 is 23.8 Å². The number of nitrogens with two attached hydrogens (primary N) is 1. The van der Waals surface area contributed by atoms with Crippen molar-refractivity contribution in [1.82, 2.24) is 0 Å². The van der Waals surface area contributed by atoms with E-state index >= 15 is 0 Å². The summed E-state index contributed by atoms with van der Waals surface area (Å²) in [6.45, 7) is 0. The van der Waals surface area contributed by atoms with E-state index in [-0.39, 0.29) is 0 Å². The highest BCUT2D eigenvalue weighted by molar-refractivity contribution is 7.80. The van der Waals surface area contributed by atoms with Crippen molar-refractivity contribution >= 4 is 40.2 Å². The Labute approximate surface area is 128 Å². The van der Waals surface area contributed by atoms with Crippen molar-refractivity contribution < 1.29 is 4.74 Å². The van der Waals surface area contributed by atoms with Gasteiger partial charge >= 0.3 is 0 Å². The molecule has 104 valence electrons. The first kappa shape index (κ1) is 14.6. The lowest BCUT2D eigenvalue weighted by Crippen LogP contribution is -2.17. The predicted molar refractivity (Wildman–Crippen MR) is 88.4 cm³/mol. The first-order valence-corrected chi connectivity index (χ1v) is 6.78. The summed E-state index contributed by atoms with van der Waals surface area (Å²) in [4.78, 5) is 2.33. The van der Waals surface area contributed by atoms with Crippen LogP contribution in [0.5, 0.6) is 5.75 Å². The summed E-state index contributed by atoms with van der Waals surface area (Å²) >= 11 is 11.2. The number of methoxy groups -OCH3 is 1. The van der Waals surface area contributed by atoms with E-state index in [0.29, 0.717) is 10.0 Å². The average Bonchev–Trinajstić information content (AvgIpc) is 2.46. The number of rotatable bonds is 4. The molecule has 0 spiro atoms. The number of ether oxygens (including phenoxy) is 1. The maximum Gasteiger partial charge on any atom is 0.119 e. The number of hydrogen-bond donors (Lipinski definition) is 1. The largest absolute Gasteiger partial charge is 0.497 e. The summed E-state index contributed by atoms with van der Waals surface area (Å²) in [6, 6.07) is 13.2. The highest BCUT2D eigenvalue weighted by Crippen LogP contribution is 2.30. The Hall–Kier alpha value is -1.78. The molecule has 0 atom stereocenters. The molecule has 0 fully saturated rings. The minimum atomic E-state index is 0.344. The normalized spacial score (nSPS) is 10.2. The molecule has 0 saturated heterocycles. The van der Waals surface area contributed by atoms with Crippen molar-refractivity contribution in [3.8, 4) is 5.75 Å². The lowest BCUT2D eigenvalue weighted by molar-refractivity contribution is 0.415. The number of anilines is 2. The molecule has 5 heteroatoms. The SMILES string of the molecule is COc1ccc(N(C)c2cc(Cl)ccc2C(N)=S)cc1. The van der Waals surface area contributed by atoms with Gasteiger partial charge in [0.1, 0.15) is 10.7 Å². The molecule has 20 heavy (non-hydrogen) atoms. The Morgan fingerprint density at radius 2 is 1.85 bits per heavy atom. The van der Waals surface area contributed by atoms with Gasteiger partial charge in [0.05, 0.1) is 12.8 Å². The lowest BCUT2D eigenvalue weighted by Gasteiger charge is -2.22. The number of hydrogen-bond acceptors (Lipinski definition) is 3. The molecule has 2 N–H and O–H groups in total. The fourth-order valence-corrected chi connectivity index (χ4v) is 2.27. The number of benzene rings is 2. The second kappa shape index (κ2) is 6.11. The van der Waals surface area contributed by atoms with Gasteiger partial charge in [-0.3, -0.25) is 0 Å². The van der Waals surface area contributed by atoms with Gasteiger partial charge in [0.25, 0.3) is 0 Å². The Bertz CT molecular complexity index is 628. The summed E-state index contributed by atoms with van der Waals surface area (Å²) in [6.07, 6.45) is 0. The summed E-state index contributed by atoms with van der Waals surface area (Å²) in [5.41, 5.74) is 8.42. The van der Waals surface area contributed by atoms with Crippen molar-refractivity contribution in [2.24, 2.45) is 5.73 Å². The molecule has 0 amide bonds. The van der Waals surface area contributed by atoms with Gasteiger partial charge in [-0.25, -0.2) is 0 Å². The van der Waals surface area contributed by atoms with Gasteiger partial charge in [-0.1, -0.05) is 23.8 Å². The van der Waals surface area contributed by atoms with Gasteiger partial charge in [0.15, 0.2) is 0 Å². The van der Waals surface area contributed by atoms with Gasteiger partial charge in [-0.15, -0.1) is 0 Å². The Morgan fingerprint density at radius 1 is 1.20 bits per heavy atom.